The second-order valence-electron chi connectivity index (χ2n) is 6.13. The molecule has 0 atom stereocenters. The highest BCUT2D eigenvalue weighted by atomic mass is 79.9. The van der Waals surface area contributed by atoms with Crippen LogP contribution >= 0.6 is 38.9 Å². The van der Waals surface area contributed by atoms with Gasteiger partial charge in [-0.05, 0) is 50.5 Å². The maximum atomic E-state index is 12.6. The normalized spacial score (nSPS) is 10.8. The van der Waals surface area contributed by atoms with Gasteiger partial charge in [0, 0.05) is 11.2 Å². The molecule has 0 saturated carbocycles. The van der Waals surface area contributed by atoms with E-state index in [9.17, 15) is 9.59 Å². The number of nitrogens with one attached hydrogen (secondary N) is 3. The summed E-state index contributed by atoms with van der Waals surface area (Å²) < 4.78 is 1.54. The summed E-state index contributed by atoms with van der Waals surface area (Å²) in [7, 11) is 0. The van der Waals surface area contributed by atoms with Crippen molar-refractivity contribution in [3.63, 3.8) is 0 Å². The Bertz CT molecular complexity index is 1220. The minimum absolute atomic E-state index is 0.152. The third-order valence-electron chi connectivity index (χ3n) is 4.28. The first-order valence-corrected chi connectivity index (χ1v) is 10.6. The number of hydrogen-bond donors (Lipinski definition) is 3. The van der Waals surface area contributed by atoms with Crippen LogP contribution in [0.3, 0.4) is 0 Å². The highest BCUT2D eigenvalue weighted by Gasteiger charge is 2.20. The van der Waals surface area contributed by atoms with Crippen LogP contribution in [0.15, 0.2) is 58.4 Å². The van der Waals surface area contributed by atoms with Gasteiger partial charge in [0.15, 0.2) is 5.69 Å². The van der Waals surface area contributed by atoms with E-state index in [-0.39, 0.29) is 17.4 Å². The van der Waals surface area contributed by atoms with Gasteiger partial charge in [-0.3, -0.25) is 14.7 Å². The van der Waals surface area contributed by atoms with Crippen molar-refractivity contribution in [1.82, 2.24) is 15.5 Å². The zero-order valence-corrected chi connectivity index (χ0v) is 18.0. The van der Waals surface area contributed by atoms with Crippen molar-refractivity contribution in [2.24, 2.45) is 0 Å². The number of amides is 2. The van der Waals surface area contributed by atoms with Crippen molar-refractivity contribution in [3.8, 4) is 0 Å². The highest BCUT2D eigenvalue weighted by molar-refractivity contribution is 9.10. The molecule has 6 nitrogen and oxygen atoms in total. The van der Waals surface area contributed by atoms with Gasteiger partial charge in [0.05, 0.1) is 15.1 Å². The molecule has 0 spiro atoms. The molecule has 0 saturated heterocycles. The van der Waals surface area contributed by atoms with Crippen LogP contribution in [0.4, 0.5) is 5.82 Å². The van der Waals surface area contributed by atoms with Crippen molar-refractivity contribution in [1.29, 1.82) is 0 Å². The summed E-state index contributed by atoms with van der Waals surface area (Å²) in [5.74, 6) is -0.487. The average Bonchev–Trinajstić information content (AvgIpc) is 3.30. The molecule has 2 aromatic carbocycles. The summed E-state index contributed by atoms with van der Waals surface area (Å²) in [4.78, 5) is 25.0. The molecule has 2 heterocycles. The fraction of sp³-hybridized carbons (Fsp3) is 0.0500. The Morgan fingerprint density at radius 1 is 1.10 bits per heavy atom. The number of aromatic nitrogens is 2. The van der Waals surface area contributed by atoms with Gasteiger partial charge in [0.25, 0.3) is 11.8 Å². The predicted octanol–water partition coefficient (Wildman–Crippen LogP) is 5.22. The van der Waals surface area contributed by atoms with Crippen LogP contribution in [0.2, 0.25) is 5.02 Å². The number of thiophene rings is 1. The molecule has 4 rings (SSSR count). The Kier molecular flexibility index (Phi) is 5.66. The molecule has 2 aromatic heterocycles. The van der Waals surface area contributed by atoms with Gasteiger partial charge in [0.1, 0.15) is 5.82 Å². The minimum Gasteiger partial charge on any atom is -0.346 e. The Morgan fingerprint density at radius 2 is 1.86 bits per heavy atom. The highest BCUT2D eigenvalue weighted by Crippen LogP contribution is 2.27. The lowest BCUT2D eigenvalue weighted by Crippen LogP contribution is -2.23. The van der Waals surface area contributed by atoms with E-state index in [2.05, 4.69) is 36.8 Å². The Balaban J connectivity index is 1.46. The molecule has 0 unspecified atom stereocenters. The maximum Gasteiger partial charge on any atom is 0.273 e. The number of aromatic amines is 1. The van der Waals surface area contributed by atoms with E-state index in [0.717, 1.165) is 10.9 Å². The summed E-state index contributed by atoms with van der Waals surface area (Å²) >= 11 is 11.0. The van der Waals surface area contributed by atoms with Crippen molar-refractivity contribution < 1.29 is 9.59 Å². The van der Waals surface area contributed by atoms with Crippen LogP contribution < -0.4 is 10.6 Å². The van der Waals surface area contributed by atoms with Crippen molar-refractivity contribution in [2.45, 2.75) is 6.54 Å². The lowest BCUT2D eigenvalue weighted by molar-refractivity contribution is 0.0944. The average molecular weight is 490 g/mol. The summed E-state index contributed by atoms with van der Waals surface area (Å²) in [5, 5.41) is 15.7. The SMILES string of the molecule is O=C(Nc1[nH]nc(C(=O)NCc2csc3ccccc23)c1Br)c1ccccc1Cl. The van der Waals surface area contributed by atoms with E-state index in [0.29, 0.717) is 21.6 Å². The molecule has 0 aliphatic rings. The largest absolute Gasteiger partial charge is 0.346 e. The van der Waals surface area contributed by atoms with Crippen molar-refractivity contribution >= 4 is 66.6 Å². The van der Waals surface area contributed by atoms with Gasteiger partial charge in [-0.1, -0.05) is 41.9 Å². The second-order valence-corrected chi connectivity index (χ2v) is 8.25. The Labute approximate surface area is 183 Å². The molecule has 146 valence electrons. The lowest BCUT2D eigenvalue weighted by Gasteiger charge is -2.05. The van der Waals surface area contributed by atoms with Crippen LogP contribution in [0.25, 0.3) is 10.1 Å². The topological polar surface area (TPSA) is 86.9 Å². The second kappa shape index (κ2) is 8.36. The molecule has 29 heavy (non-hydrogen) atoms. The van der Waals surface area contributed by atoms with Gasteiger partial charge in [-0.25, -0.2) is 0 Å². The molecule has 4 aromatic rings. The number of fused-ring (bicyclic) bond motifs is 1. The fourth-order valence-electron chi connectivity index (χ4n) is 2.82. The summed E-state index contributed by atoms with van der Waals surface area (Å²) in [6, 6.07) is 14.7. The van der Waals surface area contributed by atoms with Gasteiger partial charge in [-0.15, -0.1) is 11.3 Å². The lowest BCUT2D eigenvalue weighted by atomic mass is 10.2. The predicted molar refractivity (Wildman–Crippen MR) is 119 cm³/mol. The van der Waals surface area contributed by atoms with Crippen LogP contribution in [-0.2, 0) is 6.54 Å². The van der Waals surface area contributed by atoms with Gasteiger partial charge < -0.3 is 10.6 Å². The van der Waals surface area contributed by atoms with Gasteiger partial charge in [-0.2, -0.15) is 5.10 Å². The Hall–Kier alpha value is -2.68. The molecule has 0 aliphatic heterocycles. The third-order valence-corrected chi connectivity index (χ3v) is 6.39. The number of benzene rings is 2. The molecule has 0 bridgehead atoms. The fourth-order valence-corrected chi connectivity index (χ4v) is 4.46. The van der Waals surface area contributed by atoms with E-state index in [1.165, 1.54) is 4.70 Å². The molecule has 3 N–H and O–H groups in total. The first-order valence-electron chi connectivity index (χ1n) is 8.57. The molecule has 9 heteroatoms. The van der Waals surface area contributed by atoms with Crippen LogP contribution in [0, 0.1) is 0 Å². The third kappa shape index (κ3) is 4.05. The number of rotatable bonds is 5. The quantitative estimate of drug-likeness (QED) is 0.359. The number of hydrogen-bond acceptors (Lipinski definition) is 4. The van der Waals surface area contributed by atoms with Gasteiger partial charge in [0.2, 0.25) is 0 Å². The number of carbonyl (C=O) groups excluding carboxylic acids is 2. The minimum atomic E-state index is -0.406. The first kappa shape index (κ1) is 19.6. The number of halogens is 2. The van der Waals surface area contributed by atoms with Crippen LogP contribution in [-0.4, -0.2) is 22.0 Å². The summed E-state index contributed by atoms with van der Waals surface area (Å²) in [6.07, 6.45) is 0. The number of carbonyl (C=O) groups is 2. The summed E-state index contributed by atoms with van der Waals surface area (Å²) in [6.45, 7) is 0.378. The molecule has 0 aliphatic carbocycles. The zero-order chi connectivity index (χ0) is 20.4. The number of nitrogens with zero attached hydrogens (tertiary/aromatic N) is 1. The van der Waals surface area contributed by atoms with Crippen molar-refractivity contribution in [2.75, 3.05) is 5.32 Å². The molecule has 2 amide bonds. The molecule has 0 fully saturated rings. The molecule has 0 radical (unpaired) electrons. The van der Waals surface area contributed by atoms with Gasteiger partial charge >= 0.3 is 0 Å². The summed E-state index contributed by atoms with van der Waals surface area (Å²) in [5.41, 5.74) is 1.52. The van der Waals surface area contributed by atoms with Crippen LogP contribution in [0.5, 0.6) is 0 Å². The first-order chi connectivity index (χ1) is 14.0. The van der Waals surface area contributed by atoms with E-state index in [1.807, 2.05) is 29.6 Å². The van der Waals surface area contributed by atoms with E-state index >= 15 is 0 Å². The number of H-pyrrole nitrogens is 1. The van der Waals surface area contributed by atoms with E-state index in [4.69, 9.17) is 11.6 Å². The van der Waals surface area contributed by atoms with Crippen LogP contribution in [0.1, 0.15) is 26.4 Å². The van der Waals surface area contributed by atoms with E-state index in [1.54, 1.807) is 35.6 Å². The molecular formula is C20H14BrClN4O2S. The standard InChI is InChI=1S/C20H14BrClN4O2S/c21-16-17(20(28)23-9-11-10-29-15-8-4-2-5-12(11)15)25-26-18(16)24-19(27)13-6-1-3-7-14(13)22/h1-8,10H,9H2,(H,23,28)(H2,24,25,26,27). The number of anilines is 1. The van der Waals surface area contributed by atoms with Crippen molar-refractivity contribution in [3.05, 3.63) is 80.2 Å². The van der Waals surface area contributed by atoms with E-state index < -0.39 is 5.91 Å². The zero-order valence-electron chi connectivity index (χ0n) is 14.8. The maximum absolute atomic E-state index is 12.6. The monoisotopic (exact) mass is 488 g/mol. The smallest absolute Gasteiger partial charge is 0.273 e. The molecular weight excluding hydrogens is 476 g/mol. The Morgan fingerprint density at radius 3 is 2.69 bits per heavy atom.